The van der Waals surface area contributed by atoms with Crippen molar-refractivity contribution in [3.63, 3.8) is 0 Å². The molecule has 1 atom stereocenters. The number of nitrogens with two attached hydrogens (primary N) is 1. The summed E-state index contributed by atoms with van der Waals surface area (Å²) in [5.41, 5.74) is 0.112. The second-order valence-electron chi connectivity index (χ2n) is 4.46. The number of benzene rings is 1. The minimum atomic E-state index is -0.486. The van der Waals surface area contributed by atoms with Gasteiger partial charge in [-0.25, -0.2) is 10.3 Å². The zero-order valence-electron chi connectivity index (χ0n) is 10.1. The molecule has 0 aliphatic carbocycles. The van der Waals surface area contributed by atoms with Crippen LogP contribution in [0, 0.1) is 5.82 Å². The fourth-order valence-corrected chi connectivity index (χ4v) is 2.34. The van der Waals surface area contributed by atoms with Crippen molar-refractivity contribution < 1.29 is 14.0 Å². The van der Waals surface area contributed by atoms with Crippen molar-refractivity contribution in [1.82, 2.24) is 4.90 Å². The second-order valence-corrected chi connectivity index (χ2v) is 4.46. The minimum absolute atomic E-state index is 0.0594. The van der Waals surface area contributed by atoms with E-state index in [0.29, 0.717) is 13.2 Å². The standard InChI is InChI=1S/C13H17FN2O2/c14-12-7-2-1-6-11(12)13(17)16-8-4-3-5-10(16)9-18-15/h1-2,6-7,10H,3-5,8-9,15H2. The van der Waals surface area contributed by atoms with Gasteiger partial charge < -0.3 is 9.74 Å². The molecular weight excluding hydrogens is 235 g/mol. The van der Waals surface area contributed by atoms with E-state index in [1.807, 2.05) is 0 Å². The monoisotopic (exact) mass is 252 g/mol. The van der Waals surface area contributed by atoms with Crippen molar-refractivity contribution in [2.45, 2.75) is 25.3 Å². The molecule has 98 valence electrons. The van der Waals surface area contributed by atoms with Gasteiger partial charge in [-0.3, -0.25) is 4.79 Å². The molecule has 1 amide bonds. The highest BCUT2D eigenvalue weighted by molar-refractivity contribution is 5.94. The Morgan fingerprint density at radius 3 is 2.94 bits per heavy atom. The summed E-state index contributed by atoms with van der Waals surface area (Å²) in [6.07, 6.45) is 2.81. The summed E-state index contributed by atoms with van der Waals surface area (Å²) in [7, 11) is 0. The lowest BCUT2D eigenvalue weighted by molar-refractivity contribution is 0.0310. The second kappa shape index (κ2) is 5.93. The summed E-state index contributed by atoms with van der Waals surface area (Å²) < 4.78 is 13.6. The van der Waals surface area contributed by atoms with E-state index >= 15 is 0 Å². The Morgan fingerprint density at radius 2 is 2.22 bits per heavy atom. The number of carbonyl (C=O) groups is 1. The predicted octanol–water partition coefficient (Wildman–Crippen LogP) is 1.71. The fourth-order valence-electron chi connectivity index (χ4n) is 2.34. The third kappa shape index (κ3) is 2.68. The summed E-state index contributed by atoms with van der Waals surface area (Å²) in [4.78, 5) is 18.6. The first-order valence-corrected chi connectivity index (χ1v) is 6.11. The van der Waals surface area contributed by atoms with Gasteiger partial charge in [0.05, 0.1) is 18.2 Å². The molecular formula is C13H17FN2O2. The maximum Gasteiger partial charge on any atom is 0.257 e. The molecule has 0 aromatic heterocycles. The Kier molecular flexibility index (Phi) is 4.28. The van der Waals surface area contributed by atoms with Crippen LogP contribution in [-0.4, -0.2) is 30.0 Å². The van der Waals surface area contributed by atoms with Gasteiger partial charge in [0.1, 0.15) is 5.82 Å². The van der Waals surface area contributed by atoms with Crippen LogP contribution in [0.25, 0.3) is 0 Å². The molecule has 1 aromatic carbocycles. The van der Waals surface area contributed by atoms with Gasteiger partial charge in [0.2, 0.25) is 0 Å². The van der Waals surface area contributed by atoms with Crippen LogP contribution >= 0.6 is 0 Å². The van der Waals surface area contributed by atoms with Crippen LogP contribution in [0.5, 0.6) is 0 Å². The molecule has 4 nitrogen and oxygen atoms in total. The van der Waals surface area contributed by atoms with Crippen LogP contribution in [0.2, 0.25) is 0 Å². The summed E-state index contributed by atoms with van der Waals surface area (Å²) in [5.74, 6) is 4.31. The number of amides is 1. The SMILES string of the molecule is NOCC1CCCCN1C(=O)c1ccccc1F. The smallest absolute Gasteiger partial charge is 0.257 e. The van der Waals surface area contributed by atoms with Gasteiger partial charge in [-0.15, -0.1) is 0 Å². The molecule has 1 saturated heterocycles. The molecule has 0 bridgehead atoms. The van der Waals surface area contributed by atoms with Gasteiger partial charge in [0, 0.05) is 6.54 Å². The van der Waals surface area contributed by atoms with E-state index in [9.17, 15) is 9.18 Å². The lowest BCUT2D eigenvalue weighted by atomic mass is 10.0. The molecule has 5 heteroatoms. The van der Waals surface area contributed by atoms with Gasteiger partial charge in [-0.05, 0) is 31.4 Å². The van der Waals surface area contributed by atoms with Crippen molar-refractivity contribution in [2.24, 2.45) is 5.90 Å². The molecule has 2 N–H and O–H groups in total. The van der Waals surface area contributed by atoms with Crippen molar-refractivity contribution in [2.75, 3.05) is 13.2 Å². The zero-order chi connectivity index (χ0) is 13.0. The summed E-state index contributed by atoms with van der Waals surface area (Å²) >= 11 is 0. The Labute approximate surface area is 105 Å². The average Bonchev–Trinajstić information content (AvgIpc) is 2.40. The Bertz CT molecular complexity index is 423. The average molecular weight is 252 g/mol. The number of nitrogens with zero attached hydrogens (tertiary/aromatic N) is 1. The highest BCUT2D eigenvalue weighted by Gasteiger charge is 2.28. The normalized spacial score (nSPS) is 19.9. The summed E-state index contributed by atoms with van der Waals surface area (Å²) in [5, 5.41) is 0. The molecule has 1 fully saturated rings. The molecule has 1 heterocycles. The van der Waals surface area contributed by atoms with Crippen LogP contribution in [0.3, 0.4) is 0 Å². The topological polar surface area (TPSA) is 55.6 Å². The van der Waals surface area contributed by atoms with Crippen LogP contribution < -0.4 is 5.90 Å². The number of piperidine rings is 1. The van der Waals surface area contributed by atoms with E-state index in [-0.39, 0.29) is 17.5 Å². The van der Waals surface area contributed by atoms with Crippen molar-refractivity contribution in [3.05, 3.63) is 35.6 Å². The van der Waals surface area contributed by atoms with Crippen molar-refractivity contribution in [3.8, 4) is 0 Å². The maximum atomic E-state index is 13.6. The van der Waals surface area contributed by atoms with E-state index in [4.69, 9.17) is 5.90 Å². The van der Waals surface area contributed by atoms with Crippen LogP contribution in [-0.2, 0) is 4.84 Å². The maximum absolute atomic E-state index is 13.6. The molecule has 0 saturated carbocycles. The highest BCUT2D eigenvalue weighted by atomic mass is 19.1. The third-order valence-electron chi connectivity index (χ3n) is 3.28. The molecule has 1 unspecified atom stereocenters. The first-order valence-electron chi connectivity index (χ1n) is 6.11. The largest absolute Gasteiger partial charge is 0.333 e. The number of likely N-dealkylation sites (tertiary alicyclic amines) is 1. The number of rotatable bonds is 3. The fraction of sp³-hybridized carbons (Fsp3) is 0.462. The quantitative estimate of drug-likeness (QED) is 0.833. The van der Waals surface area contributed by atoms with Crippen LogP contribution in [0.4, 0.5) is 4.39 Å². The number of hydrogen-bond donors (Lipinski definition) is 1. The van der Waals surface area contributed by atoms with Gasteiger partial charge in [0.25, 0.3) is 5.91 Å². The predicted molar refractivity (Wildman–Crippen MR) is 65.2 cm³/mol. The number of hydrogen-bond acceptors (Lipinski definition) is 3. The highest BCUT2D eigenvalue weighted by Crippen LogP contribution is 2.20. The van der Waals surface area contributed by atoms with E-state index < -0.39 is 5.82 Å². The van der Waals surface area contributed by atoms with E-state index in [0.717, 1.165) is 19.3 Å². The van der Waals surface area contributed by atoms with Gasteiger partial charge in [0.15, 0.2) is 0 Å². The van der Waals surface area contributed by atoms with Gasteiger partial charge in [-0.2, -0.15) is 0 Å². The Hall–Kier alpha value is -1.46. The van der Waals surface area contributed by atoms with Crippen molar-refractivity contribution in [1.29, 1.82) is 0 Å². The minimum Gasteiger partial charge on any atom is -0.333 e. The molecule has 18 heavy (non-hydrogen) atoms. The third-order valence-corrected chi connectivity index (χ3v) is 3.28. The summed E-state index contributed by atoms with van der Waals surface area (Å²) in [6, 6.07) is 5.98. The molecule has 0 radical (unpaired) electrons. The summed E-state index contributed by atoms with van der Waals surface area (Å²) in [6.45, 7) is 0.918. The lowest BCUT2D eigenvalue weighted by Crippen LogP contribution is -2.46. The van der Waals surface area contributed by atoms with E-state index in [2.05, 4.69) is 4.84 Å². The molecule has 0 spiro atoms. The van der Waals surface area contributed by atoms with Crippen LogP contribution in [0.15, 0.2) is 24.3 Å². The van der Waals surface area contributed by atoms with Crippen molar-refractivity contribution >= 4 is 5.91 Å². The lowest BCUT2D eigenvalue weighted by Gasteiger charge is -2.35. The number of carbonyl (C=O) groups excluding carboxylic acids is 1. The molecule has 2 rings (SSSR count). The molecule has 1 aromatic rings. The zero-order valence-corrected chi connectivity index (χ0v) is 10.1. The number of halogens is 1. The van der Waals surface area contributed by atoms with Gasteiger partial charge >= 0.3 is 0 Å². The van der Waals surface area contributed by atoms with E-state index in [1.165, 1.54) is 12.1 Å². The molecule has 1 aliphatic rings. The first-order chi connectivity index (χ1) is 8.74. The molecule has 1 aliphatic heterocycles. The van der Waals surface area contributed by atoms with E-state index in [1.54, 1.807) is 17.0 Å². The van der Waals surface area contributed by atoms with Gasteiger partial charge in [-0.1, -0.05) is 12.1 Å². The Morgan fingerprint density at radius 1 is 1.44 bits per heavy atom. The first kappa shape index (κ1) is 13.0. The van der Waals surface area contributed by atoms with Crippen LogP contribution in [0.1, 0.15) is 29.6 Å². The Balaban J connectivity index is 2.18.